The van der Waals surface area contributed by atoms with Crippen molar-refractivity contribution in [2.24, 2.45) is 4.99 Å². The second-order valence-electron chi connectivity index (χ2n) is 5.68. The summed E-state index contributed by atoms with van der Waals surface area (Å²) in [7, 11) is 0. The Balaban J connectivity index is 1.97. The van der Waals surface area contributed by atoms with Crippen molar-refractivity contribution in [3.05, 3.63) is 68.4 Å². The van der Waals surface area contributed by atoms with Crippen molar-refractivity contribution in [3.63, 3.8) is 0 Å². The van der Waals surface area contributed by atoms with Crippen molar-refractivity contribution in [1.82, 2.24) is 5.32 Å². The lowest BCUT2D eigenvalue weighted by Crippen LogP contribution is -2.29. The van der Waals surface area contributed by atoms with E-state index in [0.717, 1.165) is 30.8 Å². The largest absolute Gasteiger partial charge is 0.367 e. The molecule has 0 aliphatic carbocycles. The van der Waals surface area contributed by atoms with E-state index < -0.39 is 0 Å². The summed E-state index contributed by atoms with van der Waals surface area (Å²) in [6.45, 7) is 0.804. The Bertz CT molecular complexity index is 757. The number of amidine groups is 1. The van der Waals surface area contributed by atoms with Crippen LogP contribution in [0, 0.1) is 5.82 Å². The highest BCUT2D eigenvalue weighted by atomic mass is 35.5. The van der Waals surface area contributed by atoms with E-state index in [-0.39, 0.29) is 11.9 Å². The van der Waals surface area contributed by atoms with Crippen LogP contribution in [0.4, 0.5) is 4.39 Å². The molecule has 1 aliphatic rings. The number of halogens is 4. The maximum Gasteiger partial charge on any atom is 0.127 e. The Morgan fingerprint density at radius 1 is 1.08 bits per heavy atom. The van der Waals surface area contributed by atoms with E-state index in [1.807, 2.05) is 12.1 Å². The van der Waals surface area contributed by atoms with Crippen molar-refractivity contribution in [2.45, 2.75) is 25.3 Å². The average Bonchev–Trinajstić information content (AvgIpc) is 3.06. The lowest BCUT2D eigenvalue weighted by atomic mass is 9.98. The van der Waals surface area contributed by atoms with Gasteiger partial charge in [0.25, 0.3) is 0 Å². The third-order valence-corrected chi connectivity index (χ3v) is 5.23. The van der Waals surface area contributed by atoms with Crippen LogP contribution in [0.25, 0.3) is 0 Å². The highest BCUT2D eigenvalue weighted by Crippen LogP contribution is 2.33. The summed E-state index contributed by atoms with van der Waals surface area (Å²) in [5.74, 6) is 0.573. The Labute approximate surface area is 155 Å². The third-order valence-electron chi connectivity index (χ3n) is 4.04. The van der Waals surface area contributed by atoms with E-state index in [9.17, 15) is 4.39 Å². The Morgan fingerprint density at radius 2 is 1.83 bits per heavy atom. The molecule has 24 heavy (non-hydrogen) atoms. The van der Waals surface area contributed by atoms with Gasteiger partial charge in [-0.3, -0.25) is 4.99 Å². The molecule has 1 atom stereocenters. The van der Waals surface area contributed by atoms with Gasteiger partial charge in [-0.25, -0.2) is 4.39 Å². The molecule has 2 nitrogen and oxygen atoms in total. The second kappa shape index (κ2) is 7.73. The van der Waals surface area contributed by atoms with Gasteiger partial charge in [-0.1, -0.05) is 53.0 Å². The zero-order valence-corrected chi connectivity index (χ0v) is 15.1. The zero-order valence-electron chi connectivity index (χ0n) is 12.8. The van der Waals surface area contributed by atoms with Crippen molar-refractivity contribution in [2.75, 3.05) is 6.54 Å². The molecule has 1 unspecified atom stereocenters. The summed E-state index contributed by atoms with van der Waals surface area (Å²) in [5.41, 5.74) is 1.25. The van der Waals surface area contributed by atoms with Crippen LogP contribution < -0.4 is 5.32 Å². The van der Waals surface area contributed by atoms with Crippen molar-refractivity contribution in [1.29, 1.82) is 0 Å². The molecule has 0 aromatic heterocycles. The maximum absolute atomic E-state index is 14.2. The summed E-state index contributed by atoms with van der Waals surface area (Å²) < 4.78 is 14.2. The highest BCUT2D eigenvalue weighted by molar-refractivity contribution is 6.42. The number of rotatable bonds is 4. The van der Waals surface area contributed by atoms with Crippen LogP contribution in [-0.4, -0.2) is 12.4 Å². The lowest BCUT2D eigenvalue weighted by molar-refractivity contribution is 0.575. The van der Waals surface area contributed by atoms with E-state index in [0.29, 0.717) is 27.1 Å². The van der Waals surface area contributed by atoms with Crippen molar-refractivity contribution >= 4 is 40.6 Å². The monoisotopic (exact) mass is 384 g/mol. The second-order valence-corrected chi connectivity index (χ2v) is 6.87. The van der Waals surface area contributed by atoms with E-state index in [1.165, 1.54) is 6.07 Å². The van der Waals surface area contributed by atoms with Gasteiger partial charge in [0.15, 0.2) is 0 Å². The van der Waals surface area contributed by atoms with Gasteiger partial charge in [0.1, 0.15) is 5.82 Å². The fourth-order valence-corrected chi connectivity index (χ4v) is 3.50. The third kappa shape index (κ3) is 3.85. The molecular weight excluding hydrogens is 370 g/mol. The molecule has 1 N–H and O–H groups in total. The van der Waals surface area contributed by atoms with Gasteiger partial charge in [0, 0.05) is 30.0 Å². The molecule has 1 aliphatic heterocycles. The van der Waals surface area contributed by atoms with Crippen LogP contribution in [0.15, 0.2) is 41.4 Å². The number of hydrogen-bond donors (Lipinski definition) is 1. The van der Waals surface area contributed by atoms with Gasteiger partial charge in [0.05, 0.1) is 21.9 Å². The van der Waals surface area contributed by atoms with Gasteiger partial charge in [-0.2, -0.15) is 0 Å². The van der Waals surface area contributed by atoms with Crippen LogP contribution in [0.5, 0.6) is 0 Å². The topological polar surface area (TPSA) is 24.4 Å². The van der Waals surface area contributed by atoms with Crippen LogP contribution in [-0.2, 0) is 6.42 Å². The average molecular weight is 386 g/mol. The van der Waals surface area contributed by atoms with Crippen LogP contribution in [0.3, 0.4) is 0 Å². The summed E-state index contributed by atoms with van der Waals surface area (Å²) in [6.07, 6.45) is 2.24. The number of hydrogen-bond acceptors (Lipinski definition) is 2. The van der Waals surface area contributed by atoms with Gasteiger partial charge < -0.3 is 5.32 Å². The van der Waals surface area contributed by atoms with Gasteiger partial charge in [-0.05, 0) is 30.2 Å². The summed E-state index contributed by atoms with van der Waals surface area (Å²) in [6, 6.07) is 9.87. The molecule has 0 bridgehead atoms. The molecule has 6 heteroatoms. The molecule has 126 valence electrons. The first-order valence-electron chi connectivity index (χ1n) is 7.73. The van der Waals surface area contributed by atoms with Crippen molar-refractivity contribution < 1.29 is 4.39 Å². The standard InChI is InChI=1S/C18H16Cl3FN2/c19-13-5-2-7-15(22)12(13)10-16(24-17-8-3-9-23-17)11-4-1-6-14(20)18(11)21/h1-2,4-7,16H,3,8-10H2,(H,23,24). The Kier molecular flexibility index (Phi) is 5.65. The molecule has 0 amide bonds. The number of nitrogens with one attached hydrogen (secondary N) is 1. The molecule has 3 rings (SSSR count). The van der Waals surface area contributed by atoms with E-state index >= 15 is 0 Å². The zero-order chi connectivity index (χ0) is 17.1. The van der Waals surface area contributed by atoms with Crippen LogP contribution in [0.1, 0.15) is 30.0 Å². The highest BCUT2D eigenvalue weighted by Gasteiger charge is 2.22. The van der Waals surface area contributed by atoms with Gasteiger partial charge >= 0.3 is 0 Å². The lowest BCUT2D eigenvalue weighted by Gasteiger charge is -2.23. The van der Waals surface area contributed by atoms with E-state index in [1.54, 1.807) is 18.2 Å². The number of aliphatic imine (C=N–C) groups is 1. The molecule has 0 saturated carbocycles. The Morgan fingerprint density at radius 3 is 2.54 bits per heavy atom. The molecule has 0 spiro atoms. The maximum atomic E-state index is 14.2. The van der Waals surface area contributed by atoms with Gasteiger partial charge in [-0.15, -0.1) is 0 Å². The molecule has 2 aromatic carbocycles. The minimum Gasteiger partial charge on any atom is -0.367 e. The van der Waals surface area contributed by atoms with E-state index in [4.69, 9.17) is 34.8 Å². The summed E-state index contributed by atoms with van der Waals surface area (Å²) in [4.78, 5) is 4.44. The smallest absolute Gasteiger partial charge is 0.127 e. The molecule has 1 heterocycles. The van der Waals surface area contributed by atoms with Gasteiger partial charge in [0.2, 0.25) is 0 Å². The first-order valence-corrected chi connectivity index (χ1v) is 8.86. The summed E-state index contributed by atoms with van der Waals surface area (Å²) >= 11 is 18.7. The predicted molar refractivity (Wildman–Crippen MR) is 99.0 cm³/mol. The molecule has 2 aromatic rings. The summed E-state index contributed by atoms with van der Waals surface area (Å²) in [5, 5.41) is 4.71. The van der Waals surface area contributed by atoms with E-state index in [2.05, 4.69) is 10.3 Å². The quantitative estimate of drug-likeness (QED) is 0.701. The fourth-order valence-electron chi connectivity index (χ4n) is 2.82. The molecule has 0 saturated heterocycles. The fraction of sp³-hybridized carbons (Fsp3) is 0.278. The first-order chi connectivity index (χ1) is 11.6. The number of benzene rings is 2. The van der Waals surface area contributed by atoms with Crippen LogP contribution >= 0.6 is 34.8 Å². The SMILES string of the molecule is Fc1cccc(Cl)c1CC(NC1=NCCC1)c1cccc(Cl)c1Cl. The Hall–Kier alpha value is -1.29. The molecule has 0 radical (unpaired) electrons. The minimum absolute atomic E-state index is 0.262. The normalized spacial score (nSPS) is 15.2. The van der Waals surface area contributed by atoms with Crippen molar-refractivity contribution in [3.8, 4) is 0 Å². The number of nitrogens with zero attached hydrogens (tertiary/aromatic N) is 1. The predicted octanol–water partition coefficient (Wildman–Crippen LogP) is 5.85. The van der Waals surface area contributed by atoms with Crippen LogP contribution in [0.2, 0.25) is 15.1 Å². The first kappa shape index (κ1) is 17.5. The minimum atomic E-state index is -0.333. The molecular formula is C18H16Cl3FN2. The molecule has 0 fully saturated rings.